The summed E-state index contributed by atoms with van der Waals surface area (Å²) in [4.78, 5) is 18.6. The molecule has 2 heterocycles. The minimum absolute atomic E-state index is 0.0435. The Labute approximate surface area is 177 Å². The number of ether oxygens (including phenoxy) is 2. The summed E-state index contributed by atoms with van der Waals surface area (Å²) in [7, 11) is 0. The zero-order valence-corrected chi connectivity index (χ0v) is 16.9. The van der Waals surface area contributed by atoms with E-state index in [1.165, 1.54) is 5.56 Å². The highest BCUT2D eigenvalue weighted by atomic mass is 16.5. The Morgan fingerprint density at radius 3 is 2.30 bits per heavy atom. The van der Waals surface area contributed by atoms with E-state index >= 15 is 0 Å². The molecule has 154 valence electrons. The van der Waals surface area contributed by atoms with Gasteiger partial charge in [0.05, 0.1) is 0 Å². The Balaban J connectivity index is 1.20. The van der Waals surface area contributed by atoms with Gasteiger partial charge in [0.15, 0.2) is 6.61 Å². The van der Waals surface area contributed by atoms with Crippen LogP contribution in [0, 0.1) is 5.92 Å². The van der Waals surface area contributed by atoms with E-state index in [0.29, 0.717) is 23.3 Å². The van der Waals surface area contributed by atoms with E-state index in [0.717, 1.165) is 32.4 Å². The molecule has 1 aliphatic rings. The van der Waals surface area contributed by atoms with Gasteiger partial charge >= 0.3 is 0 Å². The van der Waals surface area contributed by atoms with Gasteiger partial charge in [-0.05, 0) is 61.1 Å². The number of carbonyl (C=O) groups excluding carboxylic acids is 1. The van der Waals surface area contributed by atoms with Gasteiger partial charge in [-0.1, -0.05) is 36.4 Å². The van der Waals surface area contributed by atoms with E-state index in [-0.39, 0.29) is 12.5 Å². The number of aromatic nitrogens is 1. The molecule has 1 fully saturated rings. The van der Waals surface area contributed by atoms with Gasteiger partial charge < -0.3 is 14.4 Å². The summed E-state index contributed by atoms with van der Waals surface area (Å²) in [6.07, 6.45) is 4.86. The third kappa shape index (κ3) is 5.60. The smallest absolute Gasteiger partial charge is 0.260 e. The molecule has 1 saturated heterocycles. The van der Waals surface area contributed by atoms with Crippen LogP contribution in [-0.2, 0) is 11.2 Å². The molecule has 5 nitrogen and oxygen atoms in total. The molecular weight excluding hydrogens is 376 g/mol. The van der Waals surface area contributed by atoms with Crippen LogP contribution in [0.15, 0.2) is 79.0 Å². The van der Waals surface area contributed by atoms with Crippen molar-refractivity contribution in [1.82, 2.24) is 9.88 Å². The van der Waals surface area contributed by atoms with Gasteiger partial charge in [-0.15, -0.1) is 0 Å². The highest BCUT2D eigenvalue weighted by Crippen LogP contribution is 2.23. The molecule has 0 saturated carbocycles. The van der Waals surface area contributed by atoms with Gasteiger partial charge in [-0.25, -0.2) is 4.98 Å². The summed E-state index contributed by atoms with van der Waals surface area (Å²) < 4.78 is 11.4. The van der Waals surface area contributed by atoms with Crippen LogP contribution in [0.4, 0.5) is 0 Å². The summed E-state index contributed by atoms with van der Waals surface area (Å²) in [5.74, 6) is 2.55. The molecule has 1 aromatic heterocycles. The molecule has 1 amide bonds. The number of carbonyl (C=O) groups is 1. The zero-order valence-electron chi connectivity index (χ0n) is 16.9. The number of likely N-dealkylation sites (tertiary alicyclic amines) is 1. The number of benzene rings is 2. The van der Waals surface area contributed by atoms with Crippen LogP contribution in [0.5, 0.6) is 17.4 Å². The number of pyridine rings is 1. The fraction of sp³-hybridized carbons (Fsp3) is 0.280. The lowest BCUT2D eigenvalue weighted by molar-refractivity contribution is -0.134. The molecule has 4 rings (SSSR count). The topological polar surface area (TPSA) is 51.7 Å². The molecule has 0 bridgehead atoms. The minimum Gasteiger partial charge on any atom is -0.484 e. The fourth-order valence-electron chi connectivity index (χ4n) is 3.70. The summed E-state index contributed by atoms with van der Waals surface area (Å²) in [5.41, 5.74) is 1.38. The summed E-state index contributed by atoms with van der Waals surface area (Å²) >= 11 is 0. The van der Waals surface area contributed by atoms with Crippen molar-refractivity contribution in [3.05, 3.63) is 84.6 Å². The monoisotopic (exact) mass is 402 g/mol. The Bertz CT molecular complexity index is 922. The fourth-order valence-corrected chi connectivity index (χ4v) is 3.70. The molecule has 0 unspecified atom stereocenters. The van der Waals surface area contributed by atoms with Crippen molar-refractivity contribution in [3.8, 4) is 17.4 Å². The van der Waals surface area contributed by atoms with Crippen LogP contribution >= 0.6 is 0 Å². The second-order valence-corrected chi connectivity index (χ2v) is 7.54. The highest BCUT2D eigenvalue weighted by molar-refractivity contribution is 5.77. The largest absolute Gasteiger partial charge is 0.484 e. The lowest BCUT2D eigenvalue weighted by Crippen LogP contribution is -2.41. The molecule has 0 radical (unpaired) electrons. The van der Waals surface area contributed by atoms with Crippen LogP contribution in [0.3, 0.4) is 0 Å². The standard InChI is InChI=1S/C25H26N2O3/c28-25(27-16-13-21(14-17-27)18-20-6-2-1-3-7-20)19-29-22-9-11-23(12-10-22)30-24-8-4-5-15-26-24/h1-12,15,21H,13-14,16-19H2. The van der Waals surface area contributed by atoms with Crippen molar-refractivity contribution < 1.29 is 14.3 Å². The average Bonchev–Trinajstić information content (AvgIpc) is 2.80. The first-order valence-electron chi connectivity index (χ1n) is 10.4. The van der Waals surface area contributed by atoms with Gasteiger partial charge in [0, 0.05) is 25.4 Å². The second kappa shape index (κ2) is 9.92. The lowest BCUT2D eigenvalue weighted by atomic mass is 9.90. The SMILES string of the molecule is O=C(COc1ccc(Oc2ccccn2)cc1)N1CCC(Cc2ccccc2)CC1. The maximum absolute atomic E-state index is 12.5. The Morgan fingerprint density at radius 1 is 0.900 bits per heavy atom. The molecule has 0 atom stereocenters. The normalized spacial score (nSPS) is 14.3. The number of rotatable bonds is 7. The number of piperidine rings is 1. The van der Waals surface area contributed by atoms with E-state index in [2.05, 4.69) is 29.2 Å². The van der Waals surface area contributed by atoms with E-state index in [1.54, 1.807) is 24.4 Å². The van der Waals surface area contributed by atoms with E-state index < -0.39 is 0 Å². The van der Waals surface area contributed by atoms with Crippen LogP contribution in [0.2, 0.25) is 0 Å². The third-order valence-corrected chi connectivity index (χ3v) is 5.38. The van der Waals surface area contributed by atoms with E-state index in [4.69, 9.17) is 9.47 Å². The molecule has 0 N–H and O–H groups in total. The molecular formula is C25H26N2O3. The maximum atomic E-state index is 12.5. The first kappa shape index (κ1) is 20.0. The third-order valence-electron chi connectivity index (χ3n) is 5.38. The Morgan fingerprint density at radius 2 is 1.60 bits per heavy atom. The Kier molecular flexibility index (Phi) is 6.60. The highest BCUT2D eigenvalue weighted by Gasteiger charge is 2.23. The summed E-state index contributed by atoms with van der Waals surface area (Å²) in [6, 6.07) is 23.3. The molecule has 2 aromatic carbocycles. The first-order valence-corrected chi connectivity index (χ1v) is 10.4. The number of amides is 1. The van der Waals surface area contributed by atoms with Gasteiger partial charge in [0.1, 0.15) is 11.5 Å². The van der Waals surface area contributed by atoms with Gasteiger partial charge in [0.2, 0.25) is 5.88 Å². The van der Waals surface area contributed by atoms with Crippen molar-refractivity contribution in [2.24, 2.45) is 5.92 Å². The van der Waals surface area contributed by atoms with Gasteiger partial charge in [-0.3, -0.25) is 4.79 Å². The van der Waals surface area contributed by atoms with Crippen molar-refractivity contribution in [1.29, 1.82) is 0 Å². The predicted molar refractivity (Wildman–Crippen MR) is 116 cm³/mol. The molecule has 1 aliphatic heterocycles. The number of hydrogen-bond donors (Lipinski definition) is 0. The van der Waals surface area contributed by atoms with E-state index in [1.807, 2.05) is 35.2 Å². The molecule has 0 aliphatic carbocycles. The molecule has 5 heteroatoms. The summed E-state index contributed by atoms with van der Waals surface area (Å²) in [6.45, 7) is 1.66. The first-order chi connectivity index (χ1) is 14.8. The predicted octanol–water partition coefficient (Wildman–Crippen LogP) is 4.73. The number of nitrogens with zero attached hydrogens (tertiary/aromatic N) is 2. The summed E-state index contributed by atoms with van der Waals surface area (Å²) in [5, 5.41) is 0. The van der Waals surface area contributed by atoms with Gasteiger partial charge in [0.25, 0.3) is 5.91 Å². The molecule has 3 aromatic rings. The zero-order chi connectivity index (χ0) is 20.6. The Hall–Kier alpha value is -3.34. The maximum Gasteiger partial charge on any atom is 0.260 e. The van der Waals surface area contributed by atoms with Crippen molar-refractivity contribution in [3.63, 3.8) is 0 Å². The van der Waals surface area contributed by atoms with Crippen molar-refractivity contribution in [2.45, 2.75) is 19.3 Å². The van der Waals surface area contributed by atoms with Crippen molar-refractivity contribution in [2.75, 3.05) is 19.7 Å². The lowest BCUT2D eigenvalue weighted by Gasteiger charge is -2.32. The van der Waals surface area contributed by atoms with E-state index in [9.17, 15) is 4.79 Å². The van der Waals surface area contributed by atoms with Crippen molar-refractivity contribution >= 4 is 5.91 Å². The molecule has 30 heavy (non-hydrogen) atoms. The number of hydrogen-bond acceptors (Lipinski definition) is 4. The second-order valence-electron chi connectivity index (χ2n) is 7.54. The van der Waals surface area contributed by atoms with Gasteiger partial charge in [-0.2, -0.15) is 0 Å². The molecule has 0 spiro atoms. The van der Waals surface area contributed by atoms with Crippen LogP contribution < -0.4 is 9.47 Å². The van der Waals surface area contributed by atoms with Crippen LogP contribution in [-0.4, -0.2) is 35.5 Å². The van der Waals surface area contributed by atoms with Crippen LogP contribution in [0.25, 0.3) is 0 Å². The average molecular weight is 402 g/mol. The van der Waals surface area contributed by atoms with Crippen LogP contribution in [0.1, 0.15) is 18.4 Å². The minimum atomic E-state index is 0.0435. The quantitative estimate of drug-likeness (QED) is 0.573.